The topological polar surface area (TPSA) is 47.8 Å². The second-order valence-corrected chi connectivity index (χ2v) is 6.79. The van der Waals surface area contributed by atoms with Gasteiger partial charge in [-0.3, -0.25) is 14.3 Å². The predicted molar refractivity (Wildman–Crippen MR) is 108 cm³/mol. The molecule has 0 unspecified atom stereocenters. The van der Waals surface area contributed by atoms with E-state index < -0.39 is 0 Å². The van der Waals surface area contributed by atoms with Crippen molar-refractivity contribution in [3.05, 3.63) is 83.8 Å². The molecule has 4 nitrogen and oxygen atoms in total. The van der Waals surface area contributed by atoms with Crippen molar-refractivity contribution < 1.29 is 4.79 Å². The van der Waals surface area contributed by atoms with Gasteiger partial charge < -0.3 is 0 Å². The maximum atomic E-state index is 12.7. The number of carbonyl (C=O) groups excluding carboxylic acids is 1. The number of nitrogens with zero attached hydrogens (tertiary/aromatic N) is 3. The predicted octanol–water partition coefficient (Wildman–Crippen LogP) is 5.41. The van der Waals surface area contributed by atoms with Crippen molar-refractivity contribution in [2.45, 2.75) is 19.3 Å². The molecule has 5 heteroatoms. The molecule has 4 aromatic rings. The van der Waals surface area contributed by atoms with Gasteiger partial charge in [0.25, 0.3) is 0 Å². The summed E-state index contributed by atoms with van der Waals surface area (Å²) in [6, 6.07) is 19.5. The molecule has 0 N–H and O–H groups in total. The summed E-state index contributed by atoms with van der Waals surface area (Å²) in [6.45, 7) is 0. The van der Waals surface area contributed by atoms with Crippen LogP contribution in [-0.4, -0.2) is 20.4 Å². The summed E-state index contributed by atoms with van der Waals surface area (Å²) in [6.07, 6.45) is 5.44. The van der Waals surface area contributed by atoms with E-state index in [9.17, 15) is 4.79 Å². The number of rotatable bonds is 5. The van der Waals surface area contributed by atoms with Gasteiger partial charge in [0, 0.05) is 18.2 Å². The Hall–Kier alpha value is -2.98. The average molecular weight is 376 g/mol. The van der Waals surface area contributed by atoms with Gasteiger partial charge in [-0.25, -0.2) is 4.98 Å². The van der Waals surface area contributed by atoms with Gasteiger partial charge in [0.2, 0.25) is 5.91 Å². The zero-order valence-electron chi connectivity index (χ0n) is 14.7. The van der Waals surface area contributed by atoms with Gasteiger partial charge in [-0.2, -0.15) is 0 Å². The molecule has 0 bridgehead atoms. The minimum absolute atomic E-state index is 0.0303. The second kappa shape index (κ2) is 7.72. The van der Waals surface area contributed by atoms with Crippen molar-refractivity contribution in [1.82, 2.24) is 14.5 Å². The van der Waals surface area contributed by atoms with E-state index in [-0.39, 0.29) is 5.91 Å². The highest BCUT2D eigenvalue weighted by molar-refractivity contribution is 6.34. The molecule has 0 fully saturated rings. The summed E-state index contributed by atoms with van der Waals surface area (Å²) in [5.41, 5.74) is 4.27. The highest BCUT2D eigenvalue weighted by atomic mass is 35.5. The van der Waals surface area contributed by atoms with Gasteiger partial charge in [-0.05, 0) is 42.7 Å². The summed E-state index contributed by atoms with van der Waals surface area (Å²) >= 11 is 6.40. The Kier molecular flexibility index (Phi) is 4.99. The van der Waals surface area contributed by atoms with Crippen molar-refractivity contribution in [3.8, 4) is 11.3 Å². The molecule has 2 aromatic carbocycles. The monoisotopic (exact) mass is 375 g/mol. The molecular weight excluding hydrogens is 358 g/mol. The lowest BCUT2D eigenvalue weighted by Crippen LogP contribution is -2.09. The van der Waals surface area contributed by atoms with E-state index in [0.29, 0.717) is 17.0 Å². The number of hydrogen-bond donors (Lipinski definition) is 0. The van der Waals surface area contributed by atoms with Gasteiger partial charge >= 0.3 is 0 Å². The molecular formula is C22H18ClN3O. The van der Waals surface area contributed by atoms with E-state index in [4.69, 9.17) is 11.6 Å². The smallest absolute Gasteiger partial charge is 0.232 e. The van der Waals surface area contributed by atoms with E-state index in [1.807, 2.05) is 42.5 Å². The normalized spacial score (nSPS) is 11.0. The van der Waals surface area contributed by atoms with Crippen molar-refractivity contribution >= 4 is 28.5 Å². The molecule has 0 spiro atoms. The lowest BCUT2D eigenvalue weighted by Gasteiger charge is -2.07. The van der Waals surface area contributed by atoms with Crippen LogP contribution < -0.4 is 0 Å². The Morgan fingerprint density at radius 2 is 1.81 bits per heavy atom. The molecule has 27 heavy (non-hydrogen) atoms. The first-order valence-corrected chi connectivity index (χ1v) is 9.25. The fourth-order valence-corrected chi connectivity index (χ4v) is 3.41. The Morgan fingerprint density at radius 1 is 1.00 bits per heavy atom. The molecule has 134 valence electrons. The fraction of sp³-hybridized carbons (Fsp3) is 0.136. The molecule has 0 saturated carbocycles. The Balaban J connectivity index is 1.57. The lowest BCUT2D eigenvalue weighted by molar-refractivity contribution is 0.0905. The number of benzene rings is 2. The van der Waals surface area contributed by atoms with E-state index >= 15 is 0 Å². The third-order valence-corrected chi connectivity index (χ3v) is 4.86. The van der Waals surface area contributed by atoms with E-state index in [1.54, 1.807) is 23.2 Å². The molecule has 0 radical (unpaired) electrons. The number of fused-ring (bicyclic) bond motifs is 1. The van der Waals surface area contributed by atoms with Gasteiger partial charge in [0.05, 0.1) is 21.7 Å². The minimum atomic E-state index is 0.0303. The van der Waals surface area contributed by atoms with Gasteiger partial charge in [0.1, 0.15) is 6.33 Å². The Bertz CT molecular complexity index is 1070. The number of aryl methyl sites for hydroxylation is 1. The molecule has 0 atom stereocenters. The standard InChI is InChI=1S/C22H18ClN3O/c23-18-14-20-21(13-17(18)19-10-4-5-12-24-19)26(15-25-20)22(27)11-6-9-16-7-2-1-3-8-16/h1-5,7-8,10,12-15H,6,9,11H2. The van der Waals surface area contributed by atoms with Crippen LogP contribution in [0.1, 0.15) is 23.2 Å². The molecule has 4 rings (SSSR count). The van der Waals surface area contributed by atoms with Crippen LogP contribution in [-0.2, 0) is 6.42 Å². The van der Waals surface area contributed by atoms with E-state index in [0.717, 1.165) is 29.6 Å². The lowest BCUT2D eigenvalue weighted by atomic mass is 10.1. The highest BCUT2D eigenvalue weighted by Gasteiger charge is 2.14. The quantitative estimate of drug-likeness (QED) is 0.468. The first-order chi connectivity index (χ1) is 13.2. The van der Waals surface area contributed by atoms with Crippen molar-refractivity contribution in [3.63, 3.8) is 0 Å². The largest absolute Gasteiger partial charge is 0.274 e. The van der Waals surface area contributed by atoms with Crippen molar-refractivity contribution in [2.75, 3.05) is 0 Å². The minimum Gasteiger partial charge on any atom is -0.274 e. The first-order valence-electron chi connectivity index (χ1n) is 8.87. The molecule has 2 aromatic heterocycles. The summed E-state index contributed by atoms with van der Waals surface area (Å²) in [4.78, 5) is 21.4. The van der Waals surface area contributed by atoms with Crippen molar-refractivity contribution in [1.29, 1.82) is 0 Å². The number of hydrogen-bond acceptors (Lipinski definition) is 3. The summed E-state index contributed by atoms with van der Waals surface area (Å²) in [5.74, 6) is 0.0303. The molecule has 0 aliphatic heterocycles. The van der Waals surface area contributed by atoms with Crippen LogP contribution in [0.15, 0.2) is 73.2 Å². The molecule has 0 aliphatic carbocycles. The molecule has 0 aliphatic rings. The first kappa shape index (κ1) is 17.4. The van der Waals surface area contributed by atoms with Crippen LogP contribution in [0.3, 0.4) is 0 Å². The number of aromatic nitrogens is 3. The van der Waals surface area contributed by atoms with Crippen LogP contribution >= 0.6 is 11.6 Å². The van der Waals surface area contributed by atoms with Gasteiger partial charge in [0.15, 0.2) is 0 Å². The zero-order chi connectivity index (χ0) is 18.6. The zero-order valence-corrected chi connectivity index (χ0v) is 15.4. The van der Waals surface area contributed by atoms with E-state index in [2.05, 4.69) is 22.1 Å². The second-order valence-electron chi connectivity index (χ2n) is 6.38. The average Bonchev–Trinajstić information content (AvgIpc) is 3.11. The van der Waals surface area contributed by atoms with E-state index in [1.165, 1.54) is 5.56 Å². The SMILES string of the molecule is O=C(CCCc1ccccc1)n1cnc2cc(Cl)c(-c3ccccn3)cc21. The number of pyridine rings is 1. The van der Waals surface area contributed by atoms with Crippen LogP contribution in [0, 0.1) is 0 Å². The van der Waals surface area contributed by atoms with Crippen LogP contribution in [0.25, 0.3) is 22.3 Å². The molecule has 2 heterocycles. The van der Waals surface area contributed by atoms with Gasteiger partial charge in [-0.1, -0.05) is 48.0 Å². The van der Waals surface area contributed by atoms with Crippen LogP contribution in [0.4, 0.5) is 0 Å². The Labute approximate surface area is 162 Å². The Morgan fingerprint density at radius 3 is 2.59 bits per heavy atom. The number of carbonyl (C=O) groups is 1. The fourth-order valence-electron chi connectivity index (χ4n) is 3.16. The molecule has 0 saturated heterocycles. The molecule has 0 amide bonds. The maximum absolute atomic E-state index is 12.7. The maximum Gasteiger partial charge on any atom is 0.232 e. The highest BCUT2D eigenvalue weighted by Crippen LogP contribution is 2.30. The van der Waals surface area contributed by atoms with Crippen LogP contribution in [0.5, 0.6) is 0 Å². The summed E-state index contributed by atoms with van der Waals surface area (Å²) in [5, 5.41) is 0.572. The number of imidazole rings is 1. The number of halogens is 1. The third-order valence-electron chi connectivity index (χ3n) is 4.54. The third kappa shape index (κ3) is 3.76. The summed E-state index contributed by atoms with van der Waals surface area (Å²) in [7, 11) is 0. The van der Waals surface area contributed by atoms with Crippen LogP contribution in [0.2, 0.25) is 5.02 Å². The summed E-state index contributed by atoms with van der Waals surface area (Å²) < 4.78 is 1.61. The van der Waals surface area contributed by atoms with Crippen molar-refractivity contribution in [2.24, 2.45) is 0 Å². The van der Waals surface area contributed by atoms with Gasteiger partial charge in [-0.15, -0.1) is 0 Å².